The van der Waals surface area contributed by atoms with Gasteiger partial charge < -0.3 is 0 Å². The van der Waals surface area contributed by atoms with Gasteiger partial charge in [-0.05, 0) is 26.7 Å². The molecule has 0 aliphatic heterocycles. The van der Waals surface area contributed by atoms with Crippen LogP contribution in [-0.2, 0) is 13.0 Å². The molecule has 0 saturated heterocycles. The molecule has 1 aliphatic carbocycles. The fraction of sp³-hybridized carbons (Fsp3) is 0.733. The fourth-order valence-corrected chi connectivity index (χ4v) is 3.29. The molecule has 0 unspecified atom stereocenters. The van der Waals surface area contributed by atoms with Crippen LogP contribution in [0.1, 0.15) is 56.8 Å². The van der Waals surface area contributed by atoms with Crippen molar-refractivity contribution < 1.29 is 0 Å². The molecule has 0 amide bonds. The molecule has 19 heavy (non-hydrogen) atoms. The fourth-order valence-electron chi connectivity index (χ4n) is 3.09. The average Bonchev–Trinajstić information content (AvgIpc) is 2.63. The zero-order chi connectivity index (χ0) is 13.9. The summed E-state index contributed by atoms with van der Waals surface area (Å²) in [7, 11) is 0. The van der Waals surface area contributed by atoms with Gasteiger partial charge in [0.05, 0.1) is 27.9 Å². The van der Waals surface area contributed by atoms with Crippen molar-refractivity contribution in [2.75, 3.05) is 0 Å². The Bertz CT molecular complexity index is 476. The van der Waals surface area contributed by atoms with E-state index < -0.39 is 0 Å². The van der Waals surface area contributed by atoms with E-state index in [2.05, 4.69) is 18.1 Å². The maximum atomic E-state index is 9.67. The number of hydrogen-bond acceptors (Lipinski definition) is 2. The number of nitrogens with zero attached hydrogens (tertiary/aromatic N) is 3. The van der Waals surface area contributed by atoms with Gasteiger partial charge in [0.15, 0.2) is 0 Å². The number of halogens is 1. The van der Waals surface area contributed by atoms with Crippen LogP contribution in [0.4, 0.5) is 0 Å². The lowest BCUT2D eigenvalue weighted by Gasteiger charge is -2.25. The molecule has 3 nitrogen and oxygen atoms in total. The van der Waals surface area contributed by atoms with E-state index in [1.54, 1.807) is 0 Å². The highest BCUT2D eigenvalue weighted by Crippen LogP contribution is 2.39. The normalized spacial score (nSPS) is 18.8. The third-order valence-electron chi connectivity index (χ3n) is 4.26. The van der Waals surface area contributed by atoms with Crippen LogP contribution in [0, 0.1) is 23.7 Å². The summed E-state index contributed by atoms with van der Waals surface area (Å²) in [4.78, 5) is 0. The lowest BCUT2D eigenvalue weighted by atomic mass is 9.78. The van der Waals surface area contributed by atoms with E-state index in [1.807, 2.05) is 11.6 Å². The second kappa shape index (κ2) is 5.96. The maximum absolute atomic E-state index is 9.67. The quantitative estimate of drug-likeness (QED) is 0.775. The lowest BCUT2D eigenvalue weighted by molar-refractivity contribution is 0.329. The van der Waals surface area contributed by atoms with Crippen molar-refractivity contribution in [1.29, 1.82) is 5.26 Å². The molecule has 1 saturated carbocycles. The number of rotatable bonds is 3. The second-order valence-corrected chi connectivity index (χ2v) is 6.02. The van der Waals surface area contributed by atoms with E-state index in [0.717, 1.165) is 55.1 Å². The molecule has 0 radical (unpaired) electrons. The minimum atomic E-state index is -0.237. The third-order valence-corrected chi connectivity index (χ3v) is 4.75. The lowest BCUT2D eigenvalue weighted by Crippen LogP contribution is -2.23. The Morgan fingerprint density at radius 1 is 1.32 bits per heavy atom. The Morgan fingerprint density at radius 3 is 2.47 bits per heavy atom. The first kappa shape index (κ1) is 14.4. The summed E-state index contributed by atoms with van der Waals surface area (Å²) in [6.07, 6.45) is 7.56. The molecule has 1 heterocycles. The Kier molecular flexibility index (Phi) is 4.52. The molecule has 0 N–H and O–H groups in total. The van der Waals surface area contributed by atoms with Gasteiger partial charge in [0.25, 0.3) is 0 Å². The van der Waals surface area contributed by atoms with Gasteiger partial charge in [-0.3, -0.25) is 4.68 Å². The number of aryl methyl sites for hydroxylation is 2. The van der Waals surface area contributed by atoms with Gasteiger partial charge in [-0.25, -0.2) is 0 Å². The molecule has 0 aromatic carbocycles. The molecule has 1 aromatic heterocycles. The first-order valence-corrected chi connectivity index (χ1v) is 7.63. The summed E-state index contributed by atoms with van der Waals surface area (Å²) in [5.74, 6) is 0. The van der Waals surface area contributed by atoms with Crippen LogP contribution in [-0.4, -0.2) is 9.78 Å². The summed E-state index contributed by atoms with van der Waals surface area (Å²) in [6.45, 7) is 4.81. The zero-order valence-corrected chi connectivity index (χ0v) is 12.6. The van der Waals surface area contributed by atoms with E-state index >= 15 is 0 Å². The monoisotopic (exact) mass is 279 g/mol. The Morgan fingerprint density at radius 2 is 1.95 bits per heavy atom. The van der Waals surface area contributed by atoms with Gasteiger partial charge in [-0.1, -0.05) is 37.3 Å². The molecule has 2 rings (SSSR count). The van der Waals surface area contributed by atoms with Crippen LogP contribution in [0.2, 0.25) is 5.02 Å². The summed E-state index contributed by atoms with van der Waals surface area (Å²) >= 11 is 6.38. The van der Waals surface area contributed by atoms with Crippen LogP contribution in [0.15, 0.2) is 0 Å². The Labute approximate surface area is 120 Å². The molecule has 104 valence electrons. The molecule has 1 aliphatic rings. The van der Waals surface area contributed by atoms with Gasteiger partial charge in [0.1, 0.15) is 0 Å². The number of aromatic nitrogens is 2. The van der Waals surface area contributed by atoms with Gasteiger partial charge in [0.2, 0.25) is 0 Å². The van der Waals surface area contributed by atoms with Crippen molar-refractivity contribution in [3.05, 3.63) is 16.4 Å². The van der Waals surface area contributed by atoms with Crippen LogP contribution in [0.3, 0.4) is 0 Å². The Balaban J connectivity index is 2.30. The molecule has 4 heteroatoms. The average molecular weight is 280 g/mol. The van der Waals surface area contributed by atoms with E-state index in [1.165, 1.54) is 12.8 Å². The van der Waals surface area contributed by atoms with Crippen molar-refractivity contribution in [3.63, 3.8) is 0 Å². The predicted molar refractivity (Wildman–Crippen MR) is 77.1 cm³/mol. The van der Waals surface area contributed by atoms with Crippen LogP contribution in [0.5, 0.6) is 0 Å². The Hall–Kier alpha value is -1.01. The van der Waals surface area contributed by atoms with E-state index in [4.69, 9.17) is 11.6 Å². The number of nitriles is 1. The predicted octanol–water partition coefficient (Wildman–Crippen LogP) is 4.27. The van der Waals surface area contributed by atoms with Crippen LogP contribution >= 0.6 is 11.6 Å². The molecular formula is C15H22ClN3. The molecule has 0 bridgehead atoms. The van der Waals surface area contributed by atoms with Gasteiger partial charge in [-0.2, -0.15) is 10.4 Å². The van der Waals surface area contributed by atoms with E-state index in [-0.39, 0.29) is 5.41 Å². The van der Waals surface area contributed by atoms with Crippen molar-refractivity contribution in [2.24, 2.45) is 5.41 Å². The molecular weight excluding hydrogens is 258 g/mol. The van der Waals surface area contributed by atoms with Gasteiger partial charge in [0, 0.05) is 13.0 Å². The first-order valence-electron chi connectivity index (χ1n) is 7.25. The smallest absolute Gasteiger partial charge is 0.0847 e. The molecule has 0 spiro atoms. The third kappa shape index (κ3) is 2.95. The van der Waals surface area contributed by atoms with Crippen LogP contribution in [0.25, 0.3) is 0 Å². The number of hydrogen-bond donors (Lipinski definition) is 0. The van der Waals surface area contributed by atoms with E-state index in [9.17, 15) is 5.26 Å². The summed E-state index contributed by atoms with van der Waals surface area (Å²) in [5.41, 5.74) is 1.69. The minimum Gasteiger partial charge on any atom is -0.268 e. The molecule has 1 fully saturated rings. The van der Waals surface area contributed by atoms with E-state index in [0.29, 0.717) is 0 Å². The van der Waals surface area contributed by atoms with Gasteiger partial charge in [-0.15, -0.1) is 0 Å². The first-order chi connectivity index (χ1) is 9.12. The largest absolute Gasteiger partial charge is 0.268 e. The minimum absolute atomic E-state index is 0.237. The van der Waals surface area contributed by atoms with Crippen molar-refractivity contribution in [3.8, 4) is 6.07 Å². The highest BCUT2D eigenvalue weighted by atomic mass is 35.5. The highest BCUT2D eigenvalue weighted by molar-refractivity contribution is 6.31. The topological polar surface area (TPSA) is 41.6 Å². The summed E-state index contributed by atoms with van der Waals surface area (Å²) < 4.78 is 1.96. The standard InChI is InChI=1S/C15H22ClN3/c1-3-19-13(14(16)12(2)18-19)10-15(11-17)8-6-4-5-7-9-15/h3-10H2,1-2H3. The summed E-state index contributed by atoms with van der Waals surface area (Å²) in [6, 6.07) is 2.59. The van der Waals surface area contributed by atoms with Gasteiger partial charge >= 0.3 is 0 Å². The summed E-state index contributed by atoms with van der Waals surface area (Å²) in [5, 5.41) is 14.9. The SMILES string of the molecule is CCn1nc(C)c(Cl)c1CC1(C#N)CCCCCC1. The molecule has 0 atom stereocenters. The highest BCUT2D eigenvalue weighted by Gasteiger charge is 2.33. The maximum Gasteiger partial charge on any atom is 0.0847 e. The molecule has 1 aromatic rings. The van der Waals surface area contributed by atoms with Crippen molar-refractivity contribution in [2.45, 2.75) is 65.3 Å². The second-order valence-electron chi connectivity index (χ2n) is 5.64. The van der Waals surface area contributed by atoms with Crippen LogP contribution < -0.4 is 0 Å². The zero-order valence-electron chi connectivity index (χ0n) is 11.9. The van der Waals surface area contributed by atoms with Crippen molar-refractivity contribution >= 4 is 11.6 Å². The van der Waals surface area contributed by atoms with Crippen molar-refractivity contribution in [1.82, 2.24) is 9.78 Å².